The first-order valence-corrected chi connectivity index (χ1v) is 8.46. The number of rotatable bonds is 2. The van der Waals surface area contributed by atoms with Crippen LogP contribution < -0.4 is 10.4 Å². The highest BCUT2D eigenvalue weighted by Crippen LogP contribution is 2.37. The van der Waals surface area contributed by atoms with Crippen LogP contribution in [0.2, 0.25) is 0 Å². The van der Waals surface area contributed by atoms with Crippen LogP contribution in [0.15, 0.2) is 18.2 Å². The van der Waals surface area contributed by atoms with Gasteiger partial charge in [-0.2, -0.15) is 0 Å². The molecule has 2 heterocycles. The molecule has 0 spiro atoms. The summed E-state index contributed by atoms with van der Waals surface area (Å²) in [5.74, 6) is 0. The number of anilines is 1. The van der Waals surface area contributed by atoms with Gasteiger partial charge >= 0.3 is 7.12 Å². The molecule has 2 aliphatic heterocycles. The second-order valence-electron chi connectivity index (χ2n) is 7.50. The maximum atomic E-state index is 7.54. The van der Waals surface area contributed by atoms with E-state index in [1.54, 1.807) is 0 Å². The van der Waals surface area contributed by atoms with Crippen molar-refractivity contribution in [2.24, 2.45) is 0 Å². The molecule has 2 aliphatic rings. The van der Waals surface area contributed by atoms with Crippen molar-refractivity contribution in [2.45, 2.75) is 58.2 Å². The lowest BCUT2D eigenvalue weighted by Crippen LogP contribution is -2.41. The molecule has 4 nitrogen and oxygen atoms in total. The van der Waals surface area contributed by atoms with E-state index in [-0.39, 0.29) is 11.2 Å². The highest BCUT2D eigenvalue weighted by Gasteiger charge is 2.51. The van der Waals surface area contributed by atoms with E-state index >= 15 is 0 Å². The number of piperidine rings is 1. The van der Waals surface area contributed by atoms with Gasteiger partial charge in [0.05, 0.1) is 17.8 Å². The van der Waals surface area contributed by atoms with Gasteiger partial charge in [-0.3, -0.25) is 0 Å². The minimum Gasteiger partial charge on any atom is -0.399 e. The SMILES string of the molecule is [C-]#[N+]c1cc(B2OC(C)(C)C(C)(C)O2)ccc1N1CCCCC1. The second kappa shape index (κ2) is 5.85. The van der Waals surface area contributed by atoms with Gasteiger partial charge in [0, 0.05) is 18.8 Å². The number of hydrogen-bond donors (Lipinski definition) is 0. The predicted molar refractivity (Wildman–Crippen MR) is 94.5 cm³/mol. The molecule has 23 heavy (non-hydrogen) atoms. The molecule has 1 aromatic carbocycles. The lowest BCUT2D eigenvalue weighted by molar-refractivity contribution is 0.00578. The molecule has 0 bridgehead atoms. The van der Waals surface area contributed by atoms with Crippen LogP contribution in [-0.2, 0) is 9.31 Å². The molecule has 2 saturated heterocycles. The molecule has 0 aromatic heterocycles. The van der Waals surface area contributed by atoms with Crippen molar-refractivity contribution < 1.29 is 9.31 Å². The number of benzene rings is 1. The first-order valence-electron chi connectivity index (χ1n) is 8.46. The van der Waals surface area contributed by atoms with E-state index in [1.165, 1.54) is 19.3 Å². The van der Waals surface area contributed by atoms with Crippen molar-refractivity contribution >= 4 is 24.0 Å². The van der Waals surface area contributed by atoms with Crippen LogP contribution in [0.4, 0.5) is 11.4 Å². The summed E-state index contributed by atoms with van der Waals surface area (Å²) in [6.07, 6.45) is 3.70. The maximum Gasteiger partial charge on any atom is 0.493 e. The van der Waals surface area contributed by atoms with Gasteiger partial charge in [0.25, 0.3) is 0 Å². The predicted octanol–water partition coefficient (Wildman–Crippen LogP) is 3.53. The Hall–Kier alpha value is -1.51. The fraction of sp³-hybridized carbons (Fsp3) is 0.611. The molecule has 0 N–H and O–H groups in total. The topological polar surface area (TPSA) is 26.1 Å². The Kier molecular flexibility index (Phi) is 4.16. The third-order valence-electron chi connectivity index (χ3n) is 5.34. The summed E-state index contributed by atoms with van der Waals surface area (Å²) in [4.78, 5) is 6.07. The Labute approximate surface area is 139 Å². The highest BCUT2D eigenvalue weighted by atomic mass is 16.7. The minimum atomic E-state index is -0.407. The molecule has 1 aromatic rings. The van der Waals surface area contributed by atoms with Crippen LogP contribution >= 0.6 is 0 Å². The fourth-order valence-electron chi connectivity index (χ4n) is 3.16. The van der Waals surface area contributed by atoms with Crippen molar-refractivity contribution in [3.63, 3.8) is 0 Å². The van der Waals surface area contributed by atoms with Crippen LogP contribution in [0, 0.1) is 6.57 Å². The molecule has 122 valence electrons. The number of hydrogen-bond acceptors (Lipinski definition) is 3. The molecule has 5 heteroatoms. The van der Waals surface area contributed by atoms with Crippen molar-refractivity contribution in [3.8, 4) is 0 Å². The summed E-state index contributed by atoms with van der Waals surface area (Å²) in [6.45, 7) is 17.8. The molecular formula is C18H25BN2O2. The quantitative estimate of drug-likeness (QED) is 0.617. The average molecular weight is 312 g/mol. The van der Waals surface area contributed by atoms with E-state index in [4.69, 9.17) is 15.9 Å². The zero-order valence-corrected chi connectivity index (χ0v) is 14.6. The standard InChI is InChI=1S/C18H25BN2O2/c1-17(2)18(3,4)23-19(22-17)14-9-10-16(15(13-14)20-5)21-11-7-6-8-12-21/h9-10,13H,6-8,11-12H2,1-4H3. The van der Waals surface area contributed by atoms with E-state index in [1.807, 2.05) is 39.8 Å². The van der Waals surface area contributed by atoms with Gasteiger partial charge in [-0.15, -0.1) is 0 Å². The summed E-state index contributed by atoms with van der Waals surface area (Å²) in [5, 5.41) is 0. The molecule has 0 unspecified atom stereocenters. The van der Waals surface area contributed by atoms with Gasteiger partial charge < -0.3 is 14.2 Å². The zero-order valence-electron chi connectivity index (χ0n) is 14.6. The monoisotopic (exact) mass is 312 g/mol. The summed E-state index contributed by atoms with van der Waals surface area (Å²) in [6, 6.07) is 6.03. The van der Waals surface area contributed by atoms with E-state index < -0.39 is 7.12 Å². The van der Waals surface area contributed by atoms with Crippen LogP contribution in [0.3, 0.4) is 0 Å². The highest BCUT2D eigenvalue weighted by molar-refractivity contribution is 6.62. The smallest absolute Gasteiger partial charge is 0.399 e. The molecule has 0 amide bonds. The Balaban J connectivity index is 1.87. The van der Waals surface area contributed by atoms with Crippen LogP contribution in [0.5, 0.6) is 0 Å². The normalized spacial score (nSPS) is 22.9. The van der Waals surface area contributed by atoms with E-state index in [2.05, 4.69) is 15.8 Å². The van der Waals surface area contributed by atoms with Crippen LogP contribution in [-0.4, -0.2) is 31.4 Å². The second-order valence-corrected chi connectivity index (χ2v) is 7.50. The maximum absolute atomic E-state index is 7.54. The zero-order chi connectivity index (χ0) is 16.7. The summed E-state index contributed by atoms with van der Waals surface area (Å²) in [5.41, 5.74) is 1.94. The Morgan fingerprint density at radius 2 is 1.65 bits per heavy atom. The summed E-state index contributed by atoms with van der Waals surface area (Å²) < 4.78 is 12.2. The van der Waals surface area contributed by atoms with Crippen molar-refractivity contribution in [2.75, 3.05) is 18.0 Å². The molecule has 0 atom stereocenters. The van der Waals surface area contributed by atoms with Gasteiger partial charge in [0.15, 0.2) is 0 Å². The first-order chi connectivity index (χ1) is 10.8. The van der Waals surface area contributed by atoms with E-state index in [9.17, 15) is 0 Å². The van der Waals surface area contributed by atoms with Gasteiger partial charge in [0.1, 0.15) is 0 Å². The summed E-state index contributed by atoms with van der Waals surface area (Å²) in [7, 11) is -0.407. The molecular weight excluding hydrogens is 287 g/mol. The molecule has 3 rings (SSSR count). The van der Waals surface area contributed by atoms with Crippen LogP contribution in [0.25, 0.3) is 4.85 Å². The third-order valence-corrected chi connectivity index (χ3v) is 5.34. The Bertz CT molecular complexity index is 614. The van der Waals surface area contributed by atoms with Gasteiger partial charge in [0.2, 0.25) is 5.69 Å². The van der Waals surface area contributed by atoms with E-state index in [0.29, 0.717) is 5.69 Å². The largest absolute Gasteiger partial charge is 0.493 e. The van der Waals surface area contributed by atoms with Gasteiger partial charge in [-0.25, -0.2) is 4.85 Å². The lowest BCUT2D eigenvalue weighted by Gasteiger charge is -2.32. The minimum absolute atomic E-state index is 0.360. The van der Waals surface area contributed by atoms with Crippen molar-refractivity contribution in [3.05, 3.63) is 29.6 Å². The average Bonchev–Trinajstić information content (AvgIpc) is 2.75. The molecule has 0 aliphatic carbocycles. The van der Waals surface area contributed by atoms with Crippen molar-refractivity contribution in [1.29, 1.82) is 0 Å². The van der Waals surface area contributed by atoms with Gasteiger partial charge in [-0.1, -0.05) is 18.2 Å². The van der Waals surface area contributed by atoms with E-state index in [0.717, 1.165) is 24.2 Å². The lowest BCUT2D eigenvalue weighted by atomic mass is 9.78. The van der Waals surface area contributed by atoms with Gasteiger partial charge in [-0.05, 0) is 52.4 Å². The Morgan fingerprint density at radius 1 is 1.04 bits per heavy atom. The molecule has 0 radical (unpaired) electrons. The Morgan fingerprint density at radius 3 is 2.22 bits per heavy atom. The third kappa shape index (κ3) is 2.98. The first kappa shape index (κ1) is 16.4. The van der Waals surface area contributed by atoms with Crippen LogP contribution in [0.1, 0.15) is 47.0 Å². The molecule has 0 saturated carbocycles. The van der Waals surface area contributed by atoms with Crippen molar-refractivity contribution in [1.82, 2.24) is 0 Å². The summed E-state index contributed by atoms with van der Waals surface area (Å²) >= 11 is 0. The fourth-order valence-corrected chi connectivity index (χ4v) is 3.16. The molecule has 2 fully saturated rings. The number of nitrogens with zero attached hydrogens (tertiary/aromatic N) is 2.